The van der Waals surface area contributed by atoms with Gasteiger partial charge in [0, 0.05) is 57.1 Å². The van der Waals surface area contributed by atoms with Crippen LogP contribution < -0.4 is 5.32 Å². The molecule has 2 aliphatic rings. The van der Waals surface area contributed by atoms with Crippen molar-refractivity contribution in [2.24, 2.45) is 0 Å². The van der Waals surface area contributed by atoms with E-state index in [1.807, 2.05) is 13.0 Å². The van der Waals surface area contributed by atoms with Crippen LogP contribution in [0.2, 0.25) is 0 Å². The zero-order valence-corrected chi connectivity index (χ0v) is 22.3. The zero-order chi connectivity index (χ0) is 26.4. The minimum atomic E-state index is -3.39. The van der Waals surface area contributed by atoms with Crippen molar-refractivity contribution < 1.29 is 22.7 Å². The number of amides is 1. The summed E-state index contributed by atoms with van der Waals surface area (Å²) in [6.07, 6.45) is 8.15. The van der Waals surface area contributed by atoms with Crippen LogP contribution in [0, 0.1) is 0 Å². The second-order valence-corrected chi connectivity index (χ2v) is 11.5. The van der Waals surface area contributed by atoms with Crippen molar-refractivity contribution >= 4 is 38.2 Å². The van der Waals surface area contributed by atoms with Crippen LogP contribution in [0.3, 0.4) is 0 Å². The van der Waals surface area contributed by atoms with Crippen LogP contribution in [0.4, 0.5) is 5.82 Å². The van der Waals surface area contributed by atoms with E-state index in [4.69, 9.17) is 14.5 Å². The van der Waals surface area contributed by atoms with Crippen LogP contribution >= 0.6 is 0 Å². The van der Waals surface area contributed by atoms with Crippen molar-refractivity contribution in [1.82, 2.24) is 24.8 Å². The minimum absolute atomic E-state index is 0.301. The van der Waals surface area contributed by atoms with E-state index < -0.39 is 21.5 Å². The SMILES string of the molecule is C/C(=C\C=C(/C)N1CCOCC1)c1cc2nccnc2c(NC[C@@H]2CN(C(=O)CS(C)(=O)=O)CCO2)n1. The third-order valence-corrected chi connectivity index (χ3v) is 7.09. The first-order valence-electron chi connectivity index (χ1n) is 12.3. The molecule has 2 saturated heterocycles. The average molecular weight is 531 g/mol. The lowest BCUT2D eigenvalue weighted by molar-refractivity contribution is -0.135. The first-order valence-corrected chi connectivity index (χ1v) is 14.4. The number of morpholine rings is 2. The van der Waals surface area contributed by atoms with Gasteiger partial charge in [-0.1, -0.05) is 6.08 Å². The molecule has 1 amide bonds. The lowest BCUT2D eigenvalue weighted by atomic mass is 10.1. The molecule has 4 heterocycles. The number of hydrogen-bond donors (Lipinski definition) is 1. The quantitative estimate of drug-likeness (QED) is 0.500. The van der Waals surface area contributed by atoms with E-state index in [9.17, 15) is 13.2 Å². The number of nitrogens with one attached hydrogen (secondary N) is 1. The maximum atomic E-state index is 12.4. The summed E-state index contributed by atoms with van der Waals surface area (Å²) >= 11 is 0. The number of ether oxygens (including phenoxy) is 2. The summed E-state index contributed by atoms with van der Waals surface area (Å²) < 4.78 is 34.3. The number of aromatic nitrogens is 3. The molecule has 2 fully saturated rings. The summed E-state index contributed by atoms with van der Waals surface area (Å²) in [6, 6.07) is 1.92. The topological polar surface area (TPSA) is 127 Å². The van der Waals surface area contributed by atoms with Gasteiger partial charge < -0.3 is 24.6 Å². The molecule has 11 nitrogen and oxygen atoms in total. The lowest BCUT2D eigenvalue weighted by Gasteiger charge is -2.33. The van der Waals surface area contributed by atoms with E-state index in [1.54, 1.807) is 12.4 Å². The largest absolute Gasteiger partial charge is 0.378 e. The Morgan fingerprint density at radius 3 is 2.59 bits per heavy atom. The molecule has 1 N–H and O–H groups in total. The zero-order valence-electron chi connectivity index (χ0n) is 21.5. The van der Waals surface area contributed by atoms with Crippen molar-refractivity contribution in [3.8, 4) is 0 Å². The molecule has 4 rings (SSSR count). The van der Waals surface area contributed by atoms with Gasteiger partial charge in [-0.05, 0) is 31.6 Å². The number of carbonyl (C=O) groups excluding carboxylic acids is 1. The summed E-state index contributed by atoms with van der Waals surface area (Å²) in [5.74, 6) is -0.332. The fourth-order valence-electron chi connectivity index (χ4n) is 4.25. The molecule has 12 heteroatoms. The number of pyridine rings is 1. The van der Waals surface area contributed by atoms with E-state index in [0.717, 1.165) is 43.8 Å². The Hall–Kier alpha value is -3.09. The number of nitrogens with zero attached hydrogens (tertiary/aromatic N) is 5. The highest BCUT2D eigenvalue weighted by molar-refractivity contribution is 7.91. The minimum Gasteiger partial charge on any atom is -0.378 e. The van der Waals surface area contributed by atoms with Crippen LogP contribution in [0.1, 0.15) is 19.5 Å². The van der Waals surface area contributed by atoms with Gasteiger partial charge in [0.25, 0.3) is 0 Å². The lowest BCUT2D eigenvalue weighted by Crippen LogP contribution is -2.49. The number of allylic oxidation sites excluding steroid dienone is 4. The van der Waals surface area contributed by atoms with Gasteiger partial charge >= 0.3 is 0 Å². The van der Waals surface area contributed by atoms with Crippen molar-refractivity contribution in [3.05, 3.63) is 42.0 Å². The molecule has 2 aromatic rings. The Balaban J connectivity index is 1.49. The Labute approximate surface area is 217 Å². The van der Waals surface area contributed by atoms with Crippen LogP contribution in [-0.4, -0.2) is 110 Å². The third-order valence-electron chi connectivity index (χ3n) is 6.32. The monoisotopic (exact) mass is 530 g/mol. The van der Waals surface area contributed by atoms with E-state index in [2.05, 4.69) is 39.3 Å². The maximum Gasteiger partial charge on any atom is 0.237 e. The van der Waals surface area contributed by atoms with Crippen LogP contribution in [-0.2, 0) is 24.1 Å². The van der Waals surface area contributed by atoms with Crippen LogP contribution in [0.25, 0.3) is 16.6 Å². The number of rotatable bonds is 8. The maximum absolute atomic E-state index is 12.4. The molecular weight excluding hydrogens is 496 g/mol. The molecule has 1 atom stereocenters. The number of hydrogen-bond acceptors (Lipinski definition) is 10. The van der Waals surface area contributed by atoms with Gasteiger partial charge in [0.05, 0.1) is 37.1 Å². The van der Waals surface area contributed by atoms with E-state index >= 15 is 0 Å². The Kier molecular flexibility index (Phi) is 8.72. The van der Waals surface area contributed by atoms with Gasteiger partial charge in [0.15, 0.2) is 15.7 Å². The summed E-state index contributed by atoms with van der Waals surface area (Å²) in [4.78, 5) is 29.9. The fraction of sp³-hybridized carbons (Fsp3) is 0.520. The van der Waals surface area contributed by atoms with Crippen molar-refractivity contribution in [3.63, 3.8) is 0 Å². The molecule has 0 aliphatic carbocycles. The third kappa shape index (κ3) is 7.46. The molecular formula is C25H34N6O5S. The smallest absolute Gasteiger partial charge is 0.237 e. The second kappa shape index (κ2) is 12.0. The predicted molar refractivity (Wildman–Crippen MR) is 142 cm³/mol. The van der Waals surface area contributed by atoms with Gasteiger partial charge in [0.1, 0.15) is 11.3 Å². The van der Waals surface area contributed by atoms with Gasteiger partial charge in [-0.25, -0.2) is 18.4 Å². The highest BCUT2D eigenvalue weighted by Crippen LogP contribution is 2.23. The molecule has 2 aromatic heterocycles. The molecule has 0 radical (unpaired) electrons. The molecule has 0 saturated carbocycles. The second-order valence-electron chi connectivity index (χ2n) is 9.32. The van der Waals surface area contributed by atoms with E-state index in [0.29, 0.717) is 43.1 Å². The van der Waals surface area contributed by atoms with Gasteiger partial charge in [-0.15, -0.1) is 0 Å². The molecule has 37 heavy (non-hydrogen) atoms. The Bertz CT molecular complexity index is 1290. The van der Waals surface area contributed by atoms with Crippen LogP contribution in [0.15, 0.2) is 36.3 Å². The van der Waals surface area contributed by atoms with Gasteiger partial charge in [-0.2, -0.15) is 0 Å². The van der Waals surface area contributed by atoms with E-state index in [-0.39, 0.29) is 6.10 Å². The molecule has 0 bridgehead atoms. The van der Waals surface area contributed by atoms with E-state index in [1.165, 1.54) is 10.6 Å². The standard InChI is InChI=1S/C25H34N6O5S/c1-18(4-5-19(2)30-8-11-35-12-9-30)21-14-22-24(27-7-6-26-22)25(29-21)28-15-20-16-31(10-13-36-20)23(32)17-37(3,33)34/h4-7,14,20H,8-13,15-17H2,1-3H3,(H,28,29)/b18-4+,19-5+/t20-/m1/s1. The first kappa shape index (κ1) is 27.0. The van der Waals surface area contributed by atoms with Crippen molar-refractivity contribution in [1.29, 1.82) is 0 Å². The fourth-order valence-corrected chi connectivity index (χ4v) is 4.88. The Morgan fingerprint density at radius 2 is 1.84 bits per heavy atom. The van der Waals surface area contributed by atoms with Crippen molar-refractivity contribution in [2.45, 2.75) is 20.0 Å². The summed E-state index contributed by atoms with van der Waals surface area (Å²) in [6.45, 7) is 8.73. The molecule has 200 valence electrons. The molecule has 0 unspecified atom stereocenters. The number of fused-ring (bicyclic) bond motifs is 1. The van der Waals surface area contributed by atoms with Crippen LogP contribution in [0.5, 0.6) is 0 Å². The molecule has 2 aliphatic heterocycles. The highest BCUT2D eigenvalue weighted by Gasteiger charge is 2.26. The summed E-state index contributed by atoms with van der Waals surface area (Å²) in [5.41, 5.74) is 4.28. The number of anilines is 1. The van der Waals surface area contributed by atoms with Crippen molar-refractivity contribution in [2.75, 3.05) is 69.9 Å². The average Bonchev–Trinajstić information content (AvgIpc) is 2.89. The van der Waals surface area contributed by atoms with Gasteiger partial charge in [0.2, 0.25) is 5.91 Å². The molecule has 0 spiro atoms. The normalized spacial score (nSPS) is 19.8. The molecule has 0 aromatic carbocycles. The number of carbonyl (C=O) groups is 1. The Morgan fingerprint density at radius 1 is 1.11 bits per heavy atom. The first-order chi connectivity index (χ1) is 17.7. The van der Waals surface area contributed by atoms with Gasteiger partial charge in [-0.3, -0.25) is 9.78 Å². The summed E-state index contributed by atoms with van der Waals surface area (Å²) in [7, 11) is -3.39. The number of sulfone groups is 1. The highest BCUT2D eigenvalue weighted by atomic mass is 32.2. The summed E-state index contributed by atoms with van der Waals surface area (Å²) in [5, 5.41) is 3.32. The predicted octanol–water partition coefficient (Wildman–Crippen LogP) is 1.35.